The number of ether oxygens (including phenoxy) is 2. The highest BCUT2D eigenvalue weighted by molar-refractivity contribution is 8.18. The van der Waals surface area contributed by atoms with Crippen molar-refractivity contribution in [1.82, 2.24) is 4.90 Å². The van der Waals surface area contributed by atoms with Crippen LogP contribution in [0, 0.1) is 10.1 Å². The Hall–Kier alpha value is -3.60. The molecule has 0 N–H and O–H groups in total. The molecule has 0 bridgehead atoms. The van der Waals surface area contributed by atoms with Crippen LogP contribution in [0.3, 0.4) is 0 Å². The molecule has 0 unspecified atom stereocenters. The molecule has 1 aliphatic heterocycles. The van der Waals surface area contributed by atoms with E-state index < -0.39 is 28.6 Å². The Kier molecular flexibility index (Phi) is 6.21. The van der Waals surface area contributed by atoms with Crippen molar-refractivity contribution in [2.75, 3.05) is 20.3 Å². The Bertz CT molecular complexity index is 1060. The summed E-state index contributed by atoms with van der Waals surface area (Å²) in [6.45, 7) is 1.31. The molecule has 0 spiro atoms. The maximum absolute atomic E-state index is 12.4. The number of methoxy groups -OCH3 is 1. The summed E-state index contributed by atoms with van der Waals surface area (Å²) >= 11 is 0.686. The number of carbonyl (C=O) groups is 3. The first kappa shape index (κ1) is 21.1. The van der Waals surface area contributed by atoms with Gasteiger partial charge in [0.1, 0.15) is 23.8 Å². The second kappa shape index (κ2) is 8.82. The molecule has 3 rings (SSSR count). The Morgan fingerprint density at radius 2 is 2.07 bits per heavy atom. The molecule has 0 saturated carbocycles. The molecule has 156 valence electrons. The van der Waals surface area contributed by atoms with Gasteiger partial charge in [-0.1, -0.05) is 0 Å². The minimum absolute atomic E-state index is 0.0980. The van der Waals surface area contributed by atoms with Crippen LogP contribution in [0.15, 0.2) is 39.7 Å². The van der Waals surface area contributed by atoms with Crippen LogP contribution in [-0.4, -0.2) is 47.2 Å². The third kappa shape index (κ3) is 4.35. The first-order valence-electron chi connectivity index (χ1n) is 8.67. The molecular formula is C19H16N2O8S. The van der Waals surface area contributed by atoms with E-state index in [9.17, 15) is 24.5 Å². The van der Waals surface area contributed by atoms with Crippen molar-refractivity contribution in [2.24, 2.45) is 0 Å². The number of esters is 1. The van der Waals surface area contributed by atoms with E-state index >= 15 is 0 Å². The SMILES string of the molecule is CCOC(=O)CN1C(=O)S/C(=C/c2ccc(-c3ccc([N+](=O)[O-])cc3OC)o2)C1=O. The lowest BCUT2D eigenvalue weighted by molar-refractivity contribution is -0.384. The van der Waals surface area contributed by atoms with Crippen LogP contribution in [0.5, 0.6) is 5.75 Å². The number of hydrogen-bond acceptors (Lipinski definition) is 9. The van der Waals surface area contributed by atoms with Gasteiger partial charge in [-0.2, -0.15) is 0 Å². The van der Waals surface area contributed by atoms with Gasteiger partial charge in [0.2, 0.25) is 0 Å². The third-order valence-electron chi connectivity index (χ3n) is 4.03. The fourth-order valence-electron chi connectivity index (χ4n) is 2.67. The molecule has 0 radical (unpaired) electrons. The fourth-order valence-corrected chi connectivity index (χ4v) is 3.49. The monoisotopic (exact) mass is 432 g/mol. The summed E-state index contributed by atoms with van der Waals surface area (Å²) in [4.78, 5) is 47.3. The molecule has 0 aliphatic carbocycles. The molecule has 10 nitrogen and oxygen atoms in total. The van der Waals surface area contributed by atoms with Crippen LogP contribution in [0.1, 0.15) is 12.7 Å². The number of nitro groups is 1. The van der Waals surface area contributed by atoms with E-state index in [1.54, 1.807) is 19.1 Å². The molecule has 1 aliphatic rings. The minimum Gasteiger partial charge on any atom is -0.496 e. The topological polar surface area (TPSA) is 129 Å². The first-order valence-corrected chi connectivity index (χ1v) is 9.49. The van der Waals surface area contributed by atoms with Gasteiger partial charge in [-0.25, -0.2) is 0 Å². The highest BCUT2D eigenvalue weighted by Crippen LogP contribution is 2.36. The van der Waals surface area contributed by atoms with Crippen LogP contribution in [0.4, 0.5) is 10.5 Å². The second-order valence-electron chi connectivity index (χ2n) is 5.92. The van der Waals surface area contributed by atoms with Crippen LogP contribution in [0.2, 0.25) is 0 Å². The molecule has 2 amide bonds. The number of furan rings is 1. The predicted octanol–water partition coefficient (Wildman–Crippen LogP) is 3.46. The van der Waals surface area contributed by atoms with Gasteiger partial charge in [0, 0.05) is 12.1 Å². The van der Waals surface area contributed by atoms with Crippen molar-refractivity contribution < 1.29 is 33.2 Å². The summed E-state index contributed by atoms with van der Waals surface area (Å²) in [7, 11) is 1.38. The summed E-state index contributed by atoms with van der Waals surface area (Å²) < 4.78 is 15.7. The molecular weight excluding hydrogens is 416 g/mol. The van der Waals surface area contributed by atoms with Crippen LogP contribution >= 0.6 is 11.8 Å². The number of rotatable bonds is 7. The summed E-state index contributed by atoms with van der Waals surface area (Å²) in [6.07, 6.45) is 1.39. The Balaban J connectivity index is 1.83. The first-order chi connectivity index (χ1) is 14.3. The summed E-state index contributed by atoms with van der Waals surface area (Å²) in [5.41, 5.74) is 0.357. The quantitative estimate of drug-likeness (QED) is 0.279. The summed E-state index contributed by atoms with van der Waals surface area (Å²) in [6, 6.07) is 7.28. The van der Waals surface area contributed by atoms with Gasteiger partial charge in [-0.15, -0.1) is 0 Å². The van der Waals surface area contributed by atoms with Gasteiger partial charge >= 0.3 is 5.97 Å². The van der Waals surface area contributed by atoms with Crippen molar-refractivity contribution in [3.05, 3.63) is 51.1 Å². The van der Waals surface area contributed by atoms with E-state index in [-0.39, 0.29) is 28.7 Å². The van der Waals surface area contributed by atoms with E-state index in [0.29, 0.717) is 23.1 Å². The van der Waals surface area contributed by atoms with Gasteiger partial charge in [-0.3, -0.25) is 29.4 Å². The Morgan fingerprint density at radius 1 is 1.30 bits per heavy atom. The van der Waals surface area contributed by atoms with Crippen molar-refractivity contribution in [2.45, 2.75) is 6.92 Å². The predicted molar refractivity (Wildman–Crippen MR) is 107 cm³/mol. The average Bonchev–Trinajstić information content (AvgIpc) is 3.28. The highest BCUT2D eigenvalue weighted by atomic mass is 32.2. The minimum atomic E-state index is -0.674. The molecule has 11 heteroatoms. The number of nitrogens with zero attached hydrogens (tertiary/aromatic N) is 2. The van der Waals surface area contributed by atoms with Gasteiger partial charge < -0.3 is 13.9 Å². The molecule has 30 heavy (non-hydrogen) atoms. The normalized spacial score (nSPS) is 15.0. The Labute approximate surface area is 174 Å². The van der Waals surface area contributed by atoms with Gasteiger partial charge in [0.05, 0.1) is 35.2 Å². The maximum atomic E-state index is 12.4. The number of amides is 2. The fraction of sp³-hybridized carbons (Fsp3) is 0.211. The van der Waals surface area contributed by atoms with E-state index in [1.807, 2.05) is 0 Å². The maximum Gasteiger partial charge on any atom is 0.326 e. The van der Waals surface area contributed by atoms with Crippen molar-refractivity contribution in [3.8, 4) is 17.1 Å². The number of benzene rings is 1. The number of non-ortho nitro benzene ring substituents is 1. The number of nitro benzene ring substituents is 1. The molecule has 1 aromatic carbocycles. The molecule has 1 fully saturated rings. The third-order valence-corrected chi connectivity index (χ3v) is 4.94. The number of imide groups is 1. The Morgan fingerprint density at radius 3 is 2.73 bits per heavy atom. The van der Waals surface area contributed by atoms with Gasteiger partial charge in [0.15, 0.2) is 0 Å². The standard InChI is InChI=1S/C19H16N2O8S/c1-3-28-17(22)10-20-18(23)16(30-19(20)24)9-12-5-7-14(29-12)13-6-4-11(21(25)26)8-15(13)27-2/h4-9H,3,10H2,1-2H3/b16-9+. The second-order valence-corrected chi connectivity index (χ2v) is 6.91. The van der Waals surface area contributed by atoms with Crippen molar-refractivity contribution in [1.29, 1.82) is 0 Å². The van der Waals surface area contributed by atoms with Crippen LogP contribution in [-0.2, 0) is 14.3 Å². The summed E-state index contributed by atoms with van der Waals surface area (Å²) in [5, 5.41) is 10.3. The molecule has 1 aromatic heterocycles. The zero-order valence-corrected chi connectivity index (χ0v) is 16.8. The van der Waals surface area contributed by atoms with E-state index in [4.69, 9.17) is 13.9 Å². The van der Waals surface area contributed by atoms with Crippen LogP contribution < -0.4 is 4.74 Å². The van der Waals surface area contributed by atoms with Crippen molar-refractivity contribution in [3.63, 3.8) is 0 Å². The van der Waals surface area contributed by atoms with Crippen LogP contribution in [0.25, 0.3) is 17.4 Å². The zero-order valence-electron chi connectivity index (χ0n) is 15.9. The van der Waals surface area contributed by atoms with Gasteiger partial charge in [0.25, 0.3) is 16.8 Å². The highest BCUT2D eigenvalue weighted by Gasteiger charge is 2.36. The van der Waals surface area contributed by atoms with Gasteiger partial charge in [-0.05, 0) is 36.9 Å². The average molecular weight is 432 g/mol. The lowest BCUT2D eigenvalue weighted by Crippen LogP contribution is -2.34. The lowest BCUT2D eigenvalue weighted by Gasteiger charge is -2.10. The van der Waals surface area contributed by atoms with E-state index in [1.165, 1.54) is 31.4 Å². The number of carbonyl (C=O) groups excluding carboxylic acids is 3. The molecule has 2 heterocycles. The van der Waals surface area contributed by atoms with E-state index in [0.717, 1.165) is 4.90 Å². The zero-order chi connectivity index (χ0) is 21.8. The summed E-state index contributed by atoms with van der Waals surface area (Å²) in [5.74, 6) is -0.402. The van der Waals surface area contributed by atoms with E-state index in [2.05, 4.69) is 0 Å². The van der Waals surface area contributed by atoms with Crippen molar-refractivity contribution >= 4 is 40.6 Å². The molecule has 0 atom stereocenters. The largest absolute Gasteiger partial charge is 0.496 e. The molecule has 2 aromatic rings. The number of hydrogen-bond donors (Lipinski definition) is 0. The lowest BCUT2D eigenvalue weighted by atomic mass is 10.1. The smallest absolute Gasteiger partial charge is 0.326 e. The number of thioether (sulfide) groups is 1. The molecule has 1 saturated heterocycles.